The molecule has 0 aliphatic carbocycles. The number of ether oxygens (including phenoxy) is 2. The van der Waals surface area contributed by atoms with Crippen molar-refractivity contribution in [3.63, 3.8) is 0 Å². The number of methoxy groups -OCH3 is 1. The largest absolute Gasteiger partial charge is 0.491 e. The number of alkyl halides is 3. The van der Waals surface area contributed by atoms with Crippen LogP contribution in [0.4, 0.5) is 13.2 Å². The molecule has 2 rings (SSSR count). The van der Waals surface area contributed by atoms with Gasteiger partial charge in [-0.2, -0.15) is 13.2 Å². The summed E-state index contributed by atoms with van der Waals surface area (Å²) in [6.45, 7) is 0.613. The highest BCUT2D eigenvalue weighted by atomic mass is 19.4. The second-order valence-corrected chi connectivity index (χ2v) is 5.91. The van der Waals surface area contributed by atoms with Crippen molar-refractivity contribution in [2.45, 2.75) is 18.8 Å². The van der Waals surface area contributed by atoms with E-state index in [1.54, 1.807) is 35.6 Å². The number of nitrogens with two attached hydrogens (primary N) is 1. The number of hydrogen-bond acceptors (Lipinski definition) is 4. The van der Waals surface area contributed by atoms with Crippen LogP contribution < -0.4 is 10.1 Å². The minimum absolute atomic E-state index is 0.0245. The fourth-order valence-electron chi connectivity index (χ4n) is 2.38. The number of halogens is 3. The zero-order chi connectivity index (χ0) is 19.9. The number of esters is 1. The Kier molecular flexibility index (Phi) is 7.20. The number of hydrogen-bond donors (Lipinski definition) is 2. The number of aliphatic hydroxyl groups is 1. The molecule has 3 N–H and O–H groups in total. The highest BCUT2D eigenvalue weighted by Crippen LogP contribution is 2.29. The Morgan fingerprint density at radius 3 is 2.52 bits per heavy atom. The zero-order valence-electron chi connectivity index (χ0n) is 14.7. The van der Waals surface area contributed by atoms with Crippen LogP contribution in [0.1, 0.15) is 21.5 Å². The maximum Gasteiger partial charge on any atom is 0.416 e. The van der Waals surface area contributed by atoms with Crippen molar-refractivity contribution in [2.24, 2.45) is 0 Å². The van der Waals surface area contributed by atoms with Crippen molar-refractivity contribution < 1.29 is 37.9 Å². The fourth-order valence-corrected chi connectivity index (χ4v) is 2.38. The van der Waals surface area contributed by atoms with Gasteiger partial charge in [0.1, 0.15) is 31.5 Å². The highest BCUT2D eigenvalue weighted by Gasteiger charge is 2.30. The second-order valence-electron chi connectivity index (χ2n) is 5.91. The lowest BCUT2D eigenvalue weighted by atomic mass is 10.1. The third-order valence-corrected chi connectivity index (χ3v) is 3.79. The number of carbonyl (C=O) groups excluding carboxylic acids is 1. The molecular formula is C19H21F3NO4+. The van der Waals surface area contributed by atoms with Crippen LogP contribution in [-0.4, -0.2) is 37.4 Å². The van der Waals surface area contributed by atoms with Gasteiger partial charge in [0.15, 0.2) is 0 Å². The van der Waals surface area contributed by atoms with Crippen LogP contribution in [0.5, 0.6) is 5.75 Å². The summed E-state index contributed by atoms with van der Waals surface area (Å²) in [5.41, 5.74) is 0.226. The Morgan fingerprint density at radius 2 is 1.89 bits per heavy atom. The molecule has 0 saturated heterocycles. The van der Waals surface area contributed by atoms with E-state index in [4.69, 9.17) is 4.74 Å². The molecule has 2 aromatic carbocycles. The summed E-state index contributed by atoms with van der Waals surface area (Å²) < 4.78 is 48.1. The van der Waals surface area contributed by atoms with Gasteiger partial charge in [-0.15, -0.1) is 0 Å². The van der Waals surface area contributed by atoms with Crippen LogP contribution >= 0.6 is 0 Å². The van der Waals surface area contributed by atoms with Crippen molar-refractivity contribution >= 4 is 5.97 Å². The molecule has 1 atom stereocenters. The van der Waals surface area contributed by atoms with Gasteiger partial charge in [-0.05, 0) is 36.4 Å². The second kappa shape index (κ2) is 9.38. The lowest BCUT2D eigenvalue weighted by Gasteiger charge is -2.12. The lowest BCUT2D eigenvalue weighted by Crippen LogP contribution is -2.85. The summed E-state index contributed by atoms with van der Waals surface area (Å²) in [5.74, 6) is 0.0327. The van der Waals surface area contributed by atoms with Gasteiger partial charge >= 0.3 is 12.1 Å². The number of quaternary nitrogens is 1. The average molecular weight is 384 g/mol. The van der Waals surface area contributed by atoms with E-state index >= 15 is 0 Å². The van der Waals surface area contributed by atoms with Gasteiger partial charge in [-0.1, -0.05) is 12.1 Å². The molecule has 2 aromatic rings. The van der Waals surface area contributed by atoms with E-state index in [0.29, 0.717) is 23.4 Å². The molecule has 0 saturated carbocycles. The van der Waals surface area contributed by atoms with Gasteiger partial charge in [-0.25, -0.2) is 4.79 Å². The smallest absolute Gasteiger partial charge is 0.416 e. The van der Waals surface area contributed by atoms with E-state index in [1.165, 1.54) is 13.2 Å². The molecule has 8 heteroatoms. The minimum atomic E-state index is -4.37. The first-order valence-corrected chi connectivity index (χ1v) is 8.26. The van der Waals surface area contributed by atoms with Crippen LogP contribution in [0.25, 0.3) is 0 Å². The molecule has 0 fully saturated rings. The van der Waals surface area contributed by atoms with Crippen molar-refractivity contribution in [1.29, 1.82) is 0 Å². The Morgan fingerprint density at radius 1 is 1.19 bits per heavy atom. The van der Waals surface area contributed by atoms with E-state index < -0.39 is 23.8 Å². The van der Waals surface area contributed by atoms with Gasteiger partial charge in [0.05, 0.1) is 18.2 Å². The first kappa shape index (κ1) is 20.7. The average Bonchev–Trinajstić information content (AvgIpc) is 2.66. The van der Waals surface area contributed by atoms with E-state index in [9.17, 15) is 23.1 Å². The van der Waals surface area contributed by atoms with Crippen LogP contribution in [0.15, 0.2) is 48.5 Å². The van der Waals surface area contributed by atoms with E-state index in [2.05, 4.69) is 4.74 Å². The van der Waals surface area contributed by atoms with Crippen LogP contribution in [0, 0.1) is 0 Å². The number of carbonyl (C=O) groups is 1. The van der Waals surface area contributed by atoms with E-state index in [1.807, 2.05) is 0 Å². The molecule has 0 bridgehead atoms. The van der Waals surface area contributed by atoms with Gasteiger partial charge in [-0.3, -0.25) is 0 Å². The van der Waals surface area contributed by atoms with E-state index in [-0.39, 0.29) is 13.2 Å². The third kappa shape index (κ3) is 6.58. The van der Waals surface area contributed by atoms with Crippen LogP contribution in [0.2, 0.25) is 0 Å². The molecule has 0 aromatic heterocycles. The van der Waals surface area contributed by atoms with Gasteiger partial charge in [0, 0.05) is 5.56 Å². The normalized spacial score (nSPS) is 12.5. The predicted octanol–water partition coefficient (Wildman–Crippen LogP) is 2.00. The van der Waals surface area contributed by atoms with Crippen molar-refractivity contribution in [1.82, 2.24) is 0 Å². The molecule has 0 unspecified atom stereocenters. The van der Waals surface area contributed by atoms with Crippen LogP contribution in [0.3, 0.4) is 0 Å². The third-order valence-electron chi connectivity index (χ3n) is 3.79. The highest BCUT2D eigenvalue weighted by molar-refractivity contribution is 5.89. The molecule has 0 aliphatic heterocycles. The van der Waals surface area contributed by atoms with Crippen molar-refractivity contribution in [3.05, 3.63) is 65.2 Å². The molecule has 0 aliphatic rings. The standard InChI is InChI=1S/C19H20F3NO4/c1-26-18(25)14-5-7-17(8-6-14)27-12-16(24)11-23-10-13-3-2-4-15(9-13)19(20,21)22/h2-9,16,23-24H,10-12H2,1H3/p+1/t16-/m1/s1. The molecule has 0 radical (unpaired) electrons. The fraction of sp³-hybridized carbons (Fsp3) is 0.316. The van der Waals surface area contributed by atoms with Crippen LogP contribution in [-0.2, 0) is 17.5 Å². The molecular weight excluding hydrogens is 363 g/mol. The lowest BCUT2D eigenvalue weighted by molar-refractivity contribution is -0.676. The quantitative estimate of drug-likeness (QED) is 0.683. The number of rotatable bonds is 8. The molecule has 0 spiro atoms. The summed E-state index contributed by atoms with van der Waals surface area (Å²) in [7, 11) is 1.29. The van der Waals surface area contributed by atoms with Gasteiger partial charge in [0.25, 0.3) is 0 Å². The van der Waals surface area contributed by atoms with E-state index in [0.717, 1.165) is 12.1 Å². The maximum absolute atomic E-state index is 12.7. The number of aliphatic hydroxyl groups excluding tert-OH is 1. The molecule has 146 valence electrons. The monoisotopic (exact) mass is 384 g/mol. The van der Waals surface area contributed by atoms with Crippen molar-refractivity contribution in [2.75, 3.05) is 20.3 Å². The SMILES string of the molecule is COC(=O)c1ccc(OC[C@H](O)C[NH2+]Cc2cccc(C(F)(F)F)c2)cc1. The zero-order valence-corrected chi connectivity index (χ0v) is 14.7. The predicted molar refractivity (Wildman–Crippen MR) is 91.2 cm³/mol. The number of benzene rings is 2. The summed E-state index contributed by atoms with van der Waals surface area (Å²) >= 11 is 0. The van der Waals surface area contributed by atoms with Gasteiger partial charge < -0.3 is 19.9 Å². The van der Waals surface area contributed by atoms with Gasteiger partial charge in [0.2, 0.25) is 0 Å². The Labute approximate surface area is 154 Å². The summed E-state index contributed by atoms with van der Waals surface area (Å²) in [4.78, 5) is 11.3. The molecule has 27 heavy (non-hydrogen) atoms. The Balaban J connectivity index is 1.75. The maximum atomic E-state index is 12.7. The van der Waals surface area contributed by atoms with Crippen molar-refractivity contribution in [3.8, 4) is 5.75 Å². The Bertz CT molecular complexity index is 747. The summed E-state index contributed by atoms with van der Waals surface area (Å²) in [6, 6.07) is 11.4. The molecule has 5 nitrogen and oxygen atoms in total. The molecule has 0 amide bonds. The first-order valence-electron chi connectivity index (χ1n) is 8.26. The summed E-state index contributed by atoms with van der Waals surface area (Å²) in [5, 5.41) is 11.7. The summed E-state index contributed by atoms with van der Waals surface area (Å²) in [6.07, 6.45) is -5.16. The molecule has 0 heterocycles. The topological polar surface area (TPSA) is 72.4 Å². The Hall–Kier alpha value is -2.58. The minimum Gasteiger partial charge on any atom is -0.491 e. The first-order chi connectivity index (χ1) is 12.8.